The number of rotatable bonds is 6. The van der Waals surface area contributed by atoms with Crippen molar-refractivity contribution in [1.82, 2.24) is 4.90 Å². The van der Waals surface area contributed by atoms with Gasteiger partial charge in [-0.25, -0.2) is 0 Å². The number of hydrogen-bond acceptors (Lipinski definition) is 5. The van der Waals surface area contributed by atoms with Crippen LogP contribution in [0.4, 0.5) is 11.4 Å². The number of halogens is 1. The Balaban J connectivity index is 1.49. The maximum atomic E-state index is 12.3. The standard InChI is InChI=1S/C20H23ClN4O3/c1-28-18-7-4-15(12-17(18)21)23-19(26)13-24-8-10-25(11-9-24)16-5-2-14(3-6-16)20(22)27/h2-7,12H,8-11,13H2,1H3,(H2,22,27)(H,23,26). The number of carbonyl (C=O) groups is 2. The summed E-state index contributed by atoms with van der Waals surface area (Å²) >= 11 is 6.09. The normalized spacial score (nSPS) is 14.6. The number of nitrogens with zero attached hydrogens (tertiary/aromatic N) is 2. The molecule has 1 heterocycles. The van der Waals surface area contributed by atoms with Crippen LogP contribution in [0.3, 0.4) is 0 Å². The number of piperazine rings is 1. The van der Waals surface area contributed by atoms with Gasteiger partial charge in [0.2, 0.25) is 11.8 Å². The second-order valence-corrected chi connectivity index (χ2v) is 6.98. The van der Waals surface area contributed by atoms with Gasteiger partial charge in [-0.05, 0) is 42.5 Å². The molecule has 0 bridgehead atoms. The molecule has 1 fully saturated rings. The van der Waals surface area contributed by atoms with Gasteiger partial charge in [0.25, 0.3) is 0 Å². The molecule has 2 aromatic rings. The molecule has 1 aliphatic heterocycles. The van der Waals surface area contributed by atoms with Gasteiger partial charge in [-0.2, -0.15) is 0 Å². The molecule has 0 radical (unpaired) electrons. The van der Waals surface area contributed by atoms with E-state index in [0.29, 0.717) is 28.6 Å². The molecule has 0 unspecified atom stereocenters. The van der Waals surface area contributed by atoms with Gasteiger partial charge in [-0.15, -0.1) is 0 Å². The summed E-state index contributed by atoms with van der Waals surface area (Å²) in [6, 6.07) is 12.4. The van der Waals surface area contributed by atoms with E-state index in [4.69, 9.17) is 22.1 Å². The predicted molar refractivity (Wildman–Crippen MR) is 110 cm³/mol. The molecular weight excluding hydrogens is 380 g/mol. The van der Waals surface area contributed by atoms with E-state index in [1.165, 1.54) is 0 Å². The molecule has 2 amide bonds. The summed E-state index contributed by atoms with van der Waals surface area (Å²) in [5, 5.41) is 3.32. The Bertz CT molecular complexity index is 849. The topological polar surface area (TPSA) is 87.9 Å². The quantitative estimate of drug-likeness (QED) is 0.773. The third-order valence-electron chi connectivity index (χ3n) is 4.69. The van der Waals surface area contributed by atoms with Crippen LogP contribution in [0, 0.1) is 0 Å². The molecule has 0 aromatic heterocycles. The van der Waals surface area contributed by atoms with Gasteiger partial charge in [-0.3, -0.25) is 14.5 Å². The number of benzene rings is 2. The SMILES string of the molecule is COc1ccc(NC(=O)CN2CCN(c3ccc(C(N)=O)cc3)CC2)cc1Cl. The fourth-order valence-electron chi connectivity index (χ4n) is 3.15. The van der Waals surface area contributed by atoms with Crippen molar-refractivity contribution in [3.05, 3.63) is 53.1 Å². The van der Waals surface area contributed by atoms with Crippen molar-refractivity contribution >= 4 is 34.8 Å². The molecule has 3 N–H and O–H groups in total. The number of hydrogen-bond donors (Lipinski definition) is 2. The molecule has 1 saturated heterocycles. The smallest absolute Gasteiger partial charge is 0.248 e. The van der Waals surface area contributed by atoms with E-state index < -0.39 is 5.91 Å². The molecule has 0 atom stereocenters. The minimum atomic E-state index is -0.430. The second kappa shape index (κ2) is 8.95. The van der Waals surface area contributed by atoms with Gasteiger partial charge < -0.3 is 20.7 Å². The zero-order chi connectivity index (χ0) is 20.1. The summed E-state index contributed by atoms with van der Waals surface area (Å²) in [5.74, 6) is 0.0562. The number of amides is 2. The molecule has 8 heteroatoms. The van der Waals surface area contributed by atoms with Gasteiger partial charge in [0.1, 0.15) is 5.75 Å². The Hall–Kier alpha value is -2.77. The first-order valence-corrected chi connectivity index (χ1v) is 9.34. The third kappa shape index (κ3) is 4.94. The van der Waals surface area contributed by atoms with Crippen LogP contribution in [0.1, 0.15) is 10.4 Å². The minimum Gasteiger partial charge on any atom is -0.495 e. The second-order valence-electron chi connectivity index (χ2n) is 6.57. The van der Waals surface area contributed by atoms with Crippen LogP contribution in [-0.4, -0.2) is 56.5 Å². The van der Waals surface area contributed by atoms with Crippen molar-refractivity contribution in [3.8, 4) is 5.75 Å². The van der Waals surface area contributed by atoms with Crippen LogP contribution in [0.25, 0.3) is 0 Å². The molecule has 0 saturated carbocycles. The Labute approximate surface area is 169 Å². The zero-order valence-electron chi connectivity index (χ0n) is 15.7. The van der Waals surface area contributed by atoms with Crippen LogP contribution < -0.4 is 20.7 Å². The van der Waals surface area contributed by atoms with E-state index in [1.807, 2.05) is 12.1 Å². The fraction of sp³-hybridized carbons (Fsp3) is 0.300. The lowest BCUT2D eigenvalue weighted by molar-refractivity contribution is -0.117. The predicted octanol–water partition coefficient (Wildman–Crippen LogP) is 2.21. The molecule has 1 aliphatic rings. The maximum absolute atomic E-state index is 12.3. The monoisotopic (exact) mass is 402 g/mol. The van der Waals surface area contributed by atoms with E-state index >= 15 is 0 Å². The molecule has 3 rings (SSSR count). The van der Waals surface area contributed by atoms with Crippen molar-refractivity contribution in [3.63, 3.8) is 0 Å². The summed E-state index contributed by atoms with van der Waals surface area (Å²) < 4.78 is 5.11. The van der Waals surface area contributed by atoms with Gasteiger partial charge in [0.15, 0.2) is 0 Å². The number of primary amides is 1. The van der Waals surface area contributed by atoms with E-state index in [1.54, 1.807) is 37.4 Å². The number of ether oxygens (including phenoxy) is 1. The minimum absolute atomic E-state index is 0.0829. The van der Waals surface area contributed by atoms with Crippen molar-refractivity contribution in [2.24, 2.45) is 5.73 Å². The molecule has 0 spiro atoms. The molecule has 148 valence electrons. The van der Waals surface area contributed by atoms with Crippen LogP contribution in [0.15, 0.2) is 42.5 Å². The molecule has 28 heavy (non-hydrogen) atoms. The zero-order valence-corrected chi connectivity index (χ0v) is 16.4. The van der Waals surface area contributed by atoms with Crippen molar-refractivity contribution < 1.29 is 14.3 Å². The van der Waals surface area contributed by atoms with Crippen LogP contribution >= 0.6 is 11.6 Å². The number of carbonyl (C=O) groups excluding carboxylic acids is 2. The first-order valence-electron chi connectivity index (χ1n) is 8.97. The van der Waals surface area contributed by atoms with Gasteiger partial charge in [0, 0.05) is 43.1 Å². The largest absolute Gasteiger partial charge is 0.495 e. The summed E-state index contributed by atoms with van der Waals surface area (Å²) in [5.41, 5.74) is 7.46. The maximum Gasteiger partial charge on any atom is 0.248 e. The number of nitrogens with two attached hydrogens (primary N) is 1. The first-order chi connectivity index (χ1) is 13.5. The number of methoxy groups -OCH3 is 1. The summed E-state index contributed by atoms with van der Waals surface area (Å²) in [7, 11) is 1.55. The van der Waals surface area contributed by atoms with E-state index in [-0.39, 0.29) is 5.91 Å². The molecule has 2 aromatic carbocycles. The van der Waals surface area contributed by atoms with Gasteiger partial charge >= 0.3 is 0 Å². The Morgan fingerprint density at radius 2 is 1.79 bits per heavy atom. The Morgan fingerprint density at radius 3 is 2.36 bits per heavy atom. The van der Waals surface area contributed by atoms with E-state index in [2.05, 4.69) is 15.1 Å². The highest BCUT2D eigenvalue weighted by Crippen LogP contribution is 2.27. The van der Waals surface area contributed by atoms with Crippen LogP contribution in [0.5, 0.6) is 5.75 Å². The van der Waals surface area contributed by atoms with Crippen molar-refractivity contribution in [1.29, 1.82) is 0 Å². The summed E-state index contributed by atoms with van der Waals surface area (Å²) in [6.07, 6.45) is 0. The van der Waals surface area contributed by atoms with Gasteiger partial charge in [-0.1, -0.05) is 11.6 Å². The highest BCUT2D eigenvalue weighted by molar-refractivity contribution is 6.32. The van der Waals surface area contributed by atoms with Crippen molar-refractivity contribution in [2.45, 2.75) is 0 Å². The van der Waals surface area contributed by atoms with Gasteiger partial charge in [0.05, 0.1) is 18.7 Å². The first kappa shape index (κ1) is 20.0. The Morgan fingerprint density at radius 1 is 1.11 bits per heavy atom. The lowest BCUT2D eigenvalue weighted by Crippen LogP contribution is -2.48. The lowest BCUT2D eigenvalue weighted by atomic mass is 10.1. The van der Waals surface area contributed by atoms with E-state index in [0.717, 1.165) is 31.9 Å². The molecule has 7 nitrogen and oxygen atoms in total. The lowest BCUT2D eigenvalue weighted by Gasteiger charge is -2.35. The molecule has 0 aliphatic carbocycles. The highest BCUT2D eigenvalue weighted by atomic mass is 35.5. The number of anilines is 2. The summed E-state index contributed by atoms with van der Waals surface area (Å²) in [4.78, 5) is 27.8. The fourth-order valence-corrected chi connectivity index (χ4v) is 3.41. The Kier molecular flexibility index (Phi) is 6.38. The highest BCUT2D eigenvalue weighted by Gasteiger charge is 2.19. The average molecular weight is 403 g/mol. The van der Waals surface area contributed by atoms with E-state index in [9.17, 15) is 9.59 Å². The van der Waals surface area contributed by atoms with Crippen LogP contribution in [-0.2, 0) is 4.79 Å². The molecular formula is C20H23ClN4O3. The van der Waals surface area contributed by atoms with Crippen LogP contribution in [0.2, 0.25) is 5.02 Å². The van der Waals surface area contributed by atoms with Crippen molar-refractivity contribution in [2.75, 3.05) is 50.1 Å². The third-order valence-corrected chi connectivity index (χ3v) is 4.99. The summed E-state index contributed by atoms with van der Waals surface area (Å²) in [6.45, 7) is 3.47. The average Bonchev–Trinajstić information content (AvgIpc) is 2.69. The number of nitrogens with one attached hydrogen (secondary N) is 1.